The average Bonchev–Trinajstić information content (AvgIpc) is 2.78. The zero-order valence-corrected chi connectivity index (χ0v) is 18.7. The molecule has 0 aliphatic heterocycles. The molecule has 0 saturated carbocycles. The second kappa shape index (κ2) is 9.95. The summed E-state index contributed by atoms with van der Waals surface area (Å²) in [5, 5.41) is 6.96. The quantitative estimate of drug-likeness (QED) is 0.297. The lowest BCUT2D eigenvalue weighted by atomic mass is 10.1. The summed E-state index contributed by atoms with van der Waals surface area (Å²) < 4.78 is 12.0. The Labute approximate surface area is 192 Å². The zero-order chi connectivity index (χ0) is 21.6. The second-order valence-corrected chi connectivity index (χ2v) is 7.97. The summed E-state index contributed by atoms with van der Waals surface area (Å²) in [5.41, 5.74) is 3.08. The summed E-state index contributed by atoms with van der Waals surface area (Å²) in [6.07, 6.45) is 0. The molecule has 0 unspecified atom stereocenters. The van der Waals surface area contributed by atoms with Gasteiger partial charge in [0, 0.05) is 17.3 Å². The summed E-state index contributed by atoms with van der Waals surface area (Å²) in [5.74, 6) is 1.20. The van der Waals surface area contributed by atoms with E-state index in [9.17, 15) is 0 Å². The van der Waals surface area contributed by atoms with E-state index in [4.69, 9.17) is 32.7 Å². The maximum atomic E-state index is 6.61. The smallest absolute Gasteiger partial charge is 0.180 e. The fraction of sp³-hybridized carbons (Fsp3) is 0.154. The summed E-state index contributed by atoms with van der Waals surface area (Å²) in [7, 11) is 0. The number of rotatable bonds is 8. The predicted molar refractivity (Wildman–Crippen MR) is 130 cm³/mol. The molecule has 0 spiro atoms. The topological polar surface area (TPSA) is 30.5 Å². The lowest BCUT2D eigenvalue weighted by Gasteiger charge is -2.16. The fourth-order valence-electron chi connectivity index (χ4n) is 3.47. The van der Waals surface area contributed by atoms with Gasteiger partial charge < -0.3 is 14.8 Å². The van der Waals surface area contributed by atoms with Crippen LogP contribution in [0.3, 0.4) is 0 Å². The molecule has 0 saturated heterocycles. The Morgan fingerprint density at radius 2 is 1.61 bits per heavy atom. The van der Waals surface area contributed by atoms with Gasteiger partial charge in [-0.05, 0) is 65.2 Å². The molecule has 0 aliphatic rings. The molecule has 5 heteroatoms. The number of hydrogen-bond acceptors (Lipinski definition) is 3. The van der Waals surface area contributed by atoms with Gasteiger partial charge in [-0.15, -0.1) is 0 Å². The van der Waals surface area contributed by atoms with E-state index >= 15 is 0 Å². The Morgan fingerprint density at radius 3 is 2.42 bits per heavy atom. The number of benzene rings is 4. The number of fused-ring (bicyclic) bond motifs is 1. The van der Waals surface area contributed by atoms with Crippen molar-refractivity contribution < 1.29 is 9.47 Å². The van der Waals surface area contributed by atoms with Crippen LogP contribution in [0.25, 0.3) is 10.8 Å². The van der Waals surface area contributed by atoms with Crippen molar-refractivity contribution >= 4 is 39.7 Å². The van der Waals surface area contributed by atoms with Crippen molar-refractivity contribution in [1.29, 1.82) is 0 Å². The zero-order valence-electron chi connectivity index (χ0n) is 17.2. The minimum Gasteiger partial charge on any atom is -0.490 e. The molecule has 0 atom stereocenters. The van der Waals surface area contributed by atoms with Crippen LogP contribution in [-0.4, -0.2) is 6.61 Å². The first-order chi connectivity index (χ1) is 15.1. The van der Waals surface area contributed by atoms with E-state index in [2.05, 4.69) is 29.6 Å². The van der Waals surface area contributed by atoms with Gasteiger partial charge in [0.15, 0.2) is 11.5 Å². The normalized spacial score (nSPS) is 10.8. The Hall–Kier alpha value is -2.88. The van der Waals surface area contributed by atoms with E-state index < -0.39 is 0 Å². The molecule has 0 aromatic heterocycles. The molecule has 31 heavy (non-hydrogen) atoms. The summed E-state index contributed by atoms with van der Waals surface area (Å²) >= 11 is 12.6. The van der Waals surface area contributed by atoms with Crippen LogP contribution in [0.5, 0.6) is 11.5 Å². The second-order valence-electron chi connectivity index (χ2n) is 7.13. The van der Waals surface area contributed by atoms with Crippen LogP contribution in [0.15, 0.2) is 78.9 Å². The highest BCUT2D eigenvalue weighted by atomic mass is 35.5. The van der Waals surface area contributed by atoms with Crippen molar-refractivity contribution in [2.45, 2.75) is 20.1 Å². The third kappa shape index (κ3) is 5.25. The van der Waals surface area contributed by atoms with Crippen molar-refractivity contribution in [3.05, 3.63) is 100 Å². The molecule has 158 valence electrons. The lowest BCUT2D eigenvalue weighted by molar-refractivity contribution is 0.270. The van der Waals surface area contributed by atoms with Gasteiger partial charge in [-0.3, -0.25) is 0 Å². The number of halogens is 2. The number of hydrogen-bond donors (Lipinski definition) is 1. The van der Waals surface area contributed by atoms with E-state index in [-0.39, 0.29) is 0 Å². The standard InChI is InChI=1S/C26H23Cl2NO2/c1-2-30-25-15-18(16-29-22-12-10-21(27)11-13-22)14-24(28)26(25)31-17-20-8-5-7-19-6-3-4-9-23(19)20/h3-15,29H,2,16-17H2,1H3. The van der Waals surface area contributed by atoms with Gasteiger partial charge in [-0.25, -0.2) is 0 Å². The van der Waals surface area contributed by atoms with Crippen molar-refractivity contribution in [3.63, 3.8) is 0 Å². The van der Waals surface area contributed by atoms with E-state index in [1.807, 2.05) is 61.5 Å². The monoisotopic (exact) mass is 451 g/mol. The van der Waals surface area contributed by atoms with Crippen LogP contribution in [0.4, 0.5) is 5.69 Å². The Bertz CT molecular complexity index is 1170. The van der Waals surface area contributed by atoms with Crippen LogP contribution < -0.4 is 14.8 Å². The molecular formula is C26H23Cl2NO2. The van der Waals surface area contributed by atoms with E-state index in [1.165, 1.54) is 10.8 Å². The number of ether oxygens (including phenoxy) is 2. The first-order valence-electron chi connectivity index (χ1n) is 10.2. The molecule has 0 amide bonds. The first kappa shape index (κ1) is 21.4. The first-order valence-corrected chi connectivity index (χ1v) is 10.9. The van der Waals surface area contributed by atoms with Gasteiger partial charge in [0.25, 0.3) is 0 Å². The molecule has 4 aromatic carbocycles. The predicted octanol–water partition coefficient (Wildman–Crippen LogP) is 7.74. The lowest BCUT2D eigenvalue weighted by Crippen LogP contribution is -2.04. The van der Waals surface area contributed by atoms with Gasteiger partial charge in [-0.2, -0.15) is 0 Å². The Kier molecular flexibility index (Phi) is 6.86. The van der Waals surface area contributed by atoms with Crippen LogP contribution >= 0.6 is 23.2 Å². The highest BCUT2D eigenvalue weighted by Crippen LogP contribution is 2.38. The molecule has 1 N–H and O–H groups in total. The van der Waals surface area contributed by atoms with Gasteiger partial charge in [0.2, 0.25) is 0 Å². The van der Waals surface area contributed by atoms with E-state index in [0.29, 0.717) is 41.3 Å². The number of nitrogens with one attached hydrogen (secondary N) is 1. The van der Waals surface area contributed by atoms with Crippen molar-refractivity contribution in [2.24, 2.45) is 0 Å². The summed E-state index contributed by atoms with van der Waals surface area (Å²) in [4.78, 5) is 0. The summed E-state index contributed by atoms with van der Waals surface area (Å²) in [6.45, 7) is 3.48. The van der Waals surface area contributed by atoms with Crippen LogP contribution in [0, 0.1) is 0 Å². The third-order valence-electron chi connectivity index (χ3n) is 4.96. The molecule has 4 aromatic rings. The molecule has 0 heterocycles. The van der Waals surface area contributed by atoms with Gasteiger partial charge in [0.1, 0.15) is 6.61 Å². The van der Waals surface area contributed by atoms with Crippen molar-refractivity contribution in [2.75, 3.05) is 11.9 Å². The molecule has 0 fully saturated rings. The molecular weight excluding hydrogens is 429 g/mol. The number of anilines is 1. The van der Waals surface area contributed by atoms with E-state index in [1.54, 1.807) is 0 Å². The maximum Gasteiger partial charge on any atom is 0.180 e. The minimum atomic E-state index is 0.406. The van der Waals surface area contributed by atoms with Crippen LogP contribution in [0.2, 0.25) is 10.0 Å². The molecule has 0 radical (unpaired) electrons. The van der Waals surface area contributed by atoms with Crippen molar-refractivity contribution in [1.82, 2.24) is 0 Å². The van der Waals surface area contributed by atoms with E-state index in [0.717, 1.165) is 16.8 Å². The molecule has 0 bridgehead atoms. The molecule has 3 nitrogen and oxygen atoms in total. The molecule has 0 aliphatic carbocycles. The van der Waals surface area contributed by atoms with Gasteiger partial charge in [0.05, 0.1) is 11.6 Å². The average molecular weight is 452 g/mol. The molecule has 4 rings (SSSR count). The minimum absolute atomic E-state index is 0.406. The third-order valence-corrected chi connectivity index (χ3v) is 5.49. The van der Waals surface area contributed by atoms with Crippen LogP contribution in [-0.2, 0) is 13.2 Å². The largest absolute Gasteiger partial charge is 0.490 e. The fourth-order valence-corrected chi connectivity index (χ4v) is 3.88. The van der Waals surface area contributed by atoms with Gasteiger partial charge in [-0.1, -0.05) is 65.7 Å². The highest BCUT2D eigenvalue weighted by molar-refractivity contribution is 6.32. The van der Waals surface area contributed by atoms with Gasteiger partial charge >= 0.3 is 0 Å². The van der Waals surface area contributed by atoms with Crippen LogP contribution in [0.1, 0.15) is 18.1 Å². The Morgan fingerprint density at radius 1 is 0.839 bits per heavy atom. The van der Waals surface area contributed by atoms with Crippen molar-refractivity contribution in [3.8, 4) is 11.5 Å². The SMILES string of the molecule is CCOc1cc(CNc2ccc(Cl)cc2)cc(Cl)c1OCc1cccc2ccccc12. The highest BCUT2D eigenvalue weighted by Gasteiger charge is 2.14. The summed E-state index contributed by atoms with van der Waals surface area (Å²) in [6, 6.07) is 25.9. The Balaban J connectivity index is 1.53. The maximum absolute atomic E-state index is 6.61.